The summed E-state index contributed by atoms with van der Waals surface area (Å²) in [5.41, 5.74) is 18.3. The Morgan fingerprint density at radius 2 is 0.889 bits per heavy atom. The predicted octanol–water partition coefficient (Wildman–Crippen LogP) is 14.6. The number of benzene rings is 7. The molecule has 0 unspecified atom stereocenters. The summed E-state index contributed by atoms with van der Waals surface area (Å²) < 4.78 is 0. The van der Waals surface area contributed by atoms with Crippen molar-refractivity contribution in [2.75, 3.05) is 10.2 Å². The quantitative estimate of drug-likeness (QED) is 0.128. The lowest BCUT2D eigenvalue weighted by Gasteiger charge is -2.28. The van der Waals surface area contributed by atoms with Crippen molar-refractivity contribution in [3.63, 3.8) is 0 Å². The fraction of sp³-hybridized carbons (Fsp3) is 0.115. The molecule has 7 aromatic carbocycles. The fourth-order valence-corrected chi connectivity index (χ4v) is 7.16. The summed E-state index contributed by atoms with van der Waals surface area (Å²) in [6.07, 6.45) is 10.7. The third kappa shape index (κ3) is 8.30. The van der Waals surface area contributed by atoms with Crippen LogP contribution in [0.2, 0.25) is 0 Å². The van der Waals surface area contributed by atoms with Gasteiger partial charge in [-0.05, 0) is 125 Å². The Bertz CT molecular complexity index is 2370. The van der Waals surface area contributed by atoms with Crippen LogP contribution in [0.3, 0.4) is 0 Å². The van der Waals surface area contributed by atoms with Crippen molar-refractivity contribution in [3.8, 4) is 11.1 Å². The normalized spacial score (nSPS) is 11.3. The molecule has 2 heteroatoms. The maximum Gasteiger partial charge on any atom is 0.0493 e. The third-order valence-electron chi connectivity index (χ3n) is 10.3. The number of hydrogen-bond acceptors (Lipinski definition) is 2. The summed E-state index contributed by atoms with van der Waals surface area (Å²) >= 11 is 0. The van der Waals surface area contributed by atoms with Gasteiger partial charge < -0.3 is 10.2 Å². The van der Waals surface area contributed by atoms with Crippen LogP contribution in [0.4, 0.5) is 28.4 Å². The van der Waals surface area contributed by atoms with Crippen molar-refractivity contribution < 1.29 is 0 Å². The number of anilines is 5. The molecule has 7 aromatic rings. The van der Waals surface area contributed by atoms with Crippen molar-refractivity contribution in [1.82, 2.24) is 0 Å². The third-order valence-corrected chi connectivity index (χ3v) is 10.3. The summed E-state index contributed by atoms with van der Waals surface area (Å²) in [5, 5.41) is 3.66. The summed E-state index contributed by atoms with van der Waals surface area (Å²) in [6.45, 7) is 8.89. The van der Waals surface area contributed by atoms with E-state index in [1.807, 2.05) is 0 Å². The number of para-hydroxylation sites is 2. The molecular weight excluding hydrogens is 653 g/mol. The van der Waals surface area contributed by atoms with E-state index in [9.17, 15) is 0 Å². The highest BCUT2D eigenvalue weighted by atomic mass is 15.1. The van der Waals surface area contributed by atoms with Gasteiger partial charge in [0.1, 0.15) is 0 Å². The van der Waals surface area contributed by atoms with Crippen LogP contribution in [-0.2, 0) is 12.8 Å². The molecule has 2 nitrogen and oxygen atoms in total. The number of rotatable bonds is 12. The van der Waals surface area contributed by atoms with Crippen LogP contribution in [0.1, 0.15) is 58.4 Å². The monoisotopic (exact) mass is 700 g/mol. The van der Waals surface area contributed by atoms with Crippen molar-refractivity contribution in [2.24, 2.45) is 0 Å². The van der Waals surface area contributed by atoms with Gasteiger partial charge in [-0.25, -0.2) is 0 Å². The smallest absolute Gasteiger partial charge is 0.0493 e. The van der Waals surface area contributed by atoms with Crippen molar-refractivity contribution in [1.29, 1.82) is 0 Å². The van der Waals surface area contributed by atoms with Gasteiger partial charge in [-0.1, -0.05) is 153 Å². The van der Waals surface area contributed by atoms with Gasteiger partial charge in [-0.3, -0.25) is 0 Å². The van der Waals surface area contributed by atoms with Gasteiger partial charge in [0.15, 0.2) is 0 Å². The molecule has 0 saturated heterocycles. The van der Waals surface area contributed by atoms with Crippen LogP contribution in [0, 0.1) is 13.8 Å². The first-order valence-electron chi connectivity index (χ1n) is 19.1. The van der Waals surface area contributed by atoms with Crippen molar-refractivity contribution >= 4 is 52.7 Å². The second-order valence-electron chi connectivity index (χ2n) is 13.7. The van der Waals surface area contributed by atoms with Crippen LogP contribution < -0.4 is 10.2 Å². The lowest BCUT2D eigenvalue weighted by molar-refractivity contribution is 1.10. The van der Waals surface area contributed by atoms with Gasteiger partial charge in [-0.15, -0.1) is 0 Å². The van der Waals surface area contributed by atoms with Crippen LogP contribution in [0.15, 0.2) is 164 Å². The van der Waals surface area contributed by atoms with E-state index < -0.39 is 0 Å². The van der Waals surface area contributed by atoms with E-state index in [2.05, 4.69) is 226 Å². The van der Waals surface area contributed by atoms with Gasteiger partial charge in [-0.2, -0.15) is 0 Å². The van der Waals surface area contributed by atoms with E-state index in [-0.39, 0.29) is 0 Å². The first-order chi connectivity index (χ1) is 26.5. The Morgan fingerprint density at radius 3 is 1.48 bits per heavy atom. The van der Waals surface area contributed by atoms with E-state index in [0.29, 0.717) is 0 Å². The van der Waals surface area contributed by atoms with Crippen LogP contribution in [-0.4, -0.2) is 0 Å². The zero-order valence-electron chi connectivity index (χ0n) is 31.8. The topological polar surface area (TPSA) is 15.3 Å². The Morgan fingerprint density at radius 1 is 0.426 bits per heavy atom. The highest BCUT2D eigenvalue weighted by Gasteiger charge is 2.16. The molecule has 0 fully saturated rings. The molecule has 0 spiro atoms. The maximum atomic E-state index is 3.66. The molecule has 54 heavy (non-hydrogen) atoms. The summed E-state index contributed by atoms with van der Waals surface area (Å²) in [4.78, 5) is 2.36. The number of aryl methyl sites for hydroxylation is 2. The first-order valence-corrected chi connectivity index (χ1v) is 19.1. The first kappa shape index (κ1) is 36.0. The highest BCUT2D eigenvalue weighted by Crippen LogP contribution is 2.38. The zero-order valence-corrected chi connectivity index (χ0v) is 31.8. The summed E-state index contributed by atoms with van der Waals surface area (Å²) in [7, 11) is 0. The summed E-state index contributed by atoms with van der Waals surface area (Å²) in [6, 6.07) is 58.6. The van der Waals surface area contributed by atoms with E-state index in [4.69, 9.17) is 0 Å². The molecule has 0 aromatic heterocycles. The zero-order chi connectivity index (χ0) is 37.3. The Balaban J connectivity index is 0.996. The van der Waals surface area contributed by atoms with Crippen molar-refractivity contribution in [2.45, 2.75) is 40.5 Å². The molecule has 0 saturated carbocycles. The highest BCUT2D eigenvalue weighted by molar-refractivity contribution is 5.84. The van der Waals surface area contributed by atoms with Gasteiger partial charge >= 0.3 is 0 Å². The second-order valence-corrected chi connectivity index (χ2v) is 13.7. The van der Waals surface area contributed by atoms with Gasteiger partial charge in [0.2, 0.25) is 0 Å². The average molecular weight is 701 g/mol. The Hall–Kier alpha value is -6.38. The van der Waals surface area contributed by atoms with E-state index in [1.165, 1.54) is 50.2 Å². The lowest BCUT2D eigenvalue weighted by Crippen LogP contribution is -2.12. The fourth-order valence-electron chi connectivity index (χ4n) is 7.16. The molecule has 0 amide bonds. The maximum absolute atomic E-state index is 3.66. The SMILES string of the molecule is CCc1cccc(-c2ccccc2Nc2ccc(/C=C/c3ccc(/C=C/c4ccc(N(c5ccccc5)c5cccc(CC)c5C)cc4)cc3)cc2)c1C. The Kier molecular flexibility index (Phi) is 11.3. The minimum Gasteiger partial charge on any atom is -0.355 e. The van der Waals surface area contributed by atoms with Crippen molar-refractivity contribution in [3.05, 3.63) is 208 Å². The molecule has 0 bridgehead atoms. The number of hydrogen-bond donors (Lipinski definition) is 1. The molecule has 0 aliphatic rings. The van der Waals surface area contributed by atoms with Gasteiger partial charge in [0, 0.05) is 34.0 Å². The minimum atomic E-state index is 1.01. The summed E-state index contributed by atoms with van der Waals surface area (Å²) in [5.74, 6) is 0. The molecule has 0 aliphatic heterocycles. The molecule has 0 radical (unpaired) electrons. The molecule has 0 aliphatic carbocycles. The molecule has 0 heterocycles. The van der Waals surface area contributed by atoms with E-state index >= 15 is 0 Å². The van der Waals surface area contributed by atoms with E-state index in [0.717, 1.165) is 46.7 Å². The Labute approximate surface area is 321 Å². The molecular formula is C52H48N2. The molecule has 0 atom stereocenters. The number of nitrogens with zero attached hydrogens (tertiary/aromatic N) is 1. The second kappa shape index (κ2) is 17.0. The van der Waals surface area contributed by atoms with Crippen LogP contribution >= 0.6 is 0 Å². The van der Waals surface area contributed by atoms with Crippen LogP contribution in [0.5, 0.6) is 0 Å². The molecule has 266 valence electrons. The minimum absolute atomic E-state index is 1.01. The molecule has 7 rings (SSSR count). The number of nitrogens with one attached hydrogen (secondary N) is 1. The standard InChI is InChI=1S/C52H48N2/c1-5-44-14-12-19-49(38(44)3)50-18-10-11-20-51(50)53-46-34-30-42(31-35-46)28-26-40-22-24-41(25-23-40)27-29-43-32-36-48(37-33-43)54(47-16-8-7-9-17-47)52-21-13-15-45(6-2)39(52)4/h7-37,53H,5-6H2,1-4H3/b28-26+,29-27+. The average Bonchev–Trinajstić information content (AvgIpc) is 3.22. The van der Waals surface area contributed by atoms with Gasteiger partial charge in [0.05, 0.1) is 0 Å². The largest absolute Gasteiger partial charge is 0.355 e. The lowest BCUT2D eigenvalue weighted by atomic mass is 9.94. The predicted molar refractivity (Wildman–Crippen MR) is 235 cm³/mol. The molecule has 1 N–H and O–H groups in total. The van der Waals surface area contributed by atoms with Crippen LogP contribution in [0.25, 0.3) is 35.4 Å². The van der Waals surface area contributed by atoms with E-state index in [1.54, 1.807) is 0 Å². The van der Waals surface area contributed by atoms with Gasteiger partial charge in [0.25, 0.3) is 0 Å².